The van der Waals surface area contributed by atoms with Gasteiger partial charge in [-0.1, -0.05) is 6.07 Å². The van der Waals surface area contributed by atoms with Crippen LogP contribution in [0.5, 0.6) is 0 Å². The zero-order valence-corrected chi connectivity index (χ0v) is 11.8. The minimum absolute atomic E-state index is 0.448. The highest BCUT2D eigenvalue weighted by Gasteiger charge is 2.20. The monoisotopic (exact) mass is 271 g/mol. The minimum atomic E-state index is 0.448. The van der Waals surface area contributed by atoms with Crippen LogP contribution in [0.25, 0.3) is 5.69 Å². The molecule has 0 bridgehead atoms. The molecule has 106 valence electrons. The molecule has 0 spiro atoms. The molecule has 1 heterocycles. The predicted octanol–water partition coefficient (Wildman–Crippen LogP) is 3.24. The molecule has 0 amide bonds. The summed E-state index contributed by atoms with van der Waals surface area (Å²) in [6.07, 6.45) is 8.84. The summed E-state index contributed by atoms with van der Waals surface area (Å²) in [5.41, 5.74) is 2.25. The first-order chi connectivity index (χ1) is 9.85. The molecule has 0 aliphatic heterocycles. The molecule has 1 aliphatic rings. The zero-order chi connectivity index (χ0) is 13.8. The lowest BCUT2D eigenvalue weighted by atomic mass is 9.93. The third-order valence-corrected chi connectivity index (χ3v) is 3.99. The maximum atomic E-state index is 5.42. The van der Waals surface area contributed by atoms with Crippen molar-refractivity contribution in [3.8, 4) is 5.69 Å². The number of ether oxygens (including phenoxy) is 1. The van der Waals surface area contributed by atoms with Crippen LogP contribution in [0.4, 0.5) is 5.69 Å². The average Bonchev–Trinajstić information content (AvgIpc) is 3.03. The molecule has 1 aliphatic carbocycles. The highest BCUT2D eigenvalue weighted by Crippen LogP contribution is 2.24. The summed E-state index contributed by atoms with van der Waals surface area (Å²) in [6.45, 7) is 0. The molecule has 4 heteroatoms. The fourth-order valence-corrected chi connectivity index (χ4v) is 2.84. The third kappa shape index (κ3) is 3.02. The first-order valence-electron chi connectivity index (χ1n) is 7.24. The van der Waals surface area contributed by atoms with Gasteiger partial charge in [-0.05, 0) is 49.9 Å². The first kappa shape index (κ1) is 13.2. The quantitative estimate of drug-likeness (QED) is 0.928. The number of aromatic nitrogens is 2. The van der Waals surface area contributed by atoms with Crippen LogP contribution in [-0.2, 0) is 4.74 Å². The fourth-order valence-electron chi connectivity index (χ4n) is 2.84. The van der Waals surface area contributed by atoms with Crippen LogP contribution in [0.15, 0.2) is 42.7 Å². The molecule has 1 saturated carbocycles. The molecular formula is C16H21N3O. The minimum Gasteiger partial charge on any atom is -0.382 e. The Bertz CT molecular complexity index is 530. The van der Waals surface area contributed by atoms with E-state index in [0.29, 0.717) is 12.1 Å². The Hall–Kier alpha value is -1.81. The van der Waals surface area contributed by atoms with Crippen molar-refractivity contribution in [3.63, 3.8) is 0 Å². The van der Waals surface area contributed by atoms with Gasteiger partial charge in [-0.3, -0.25) is 0 Å². The van der Waals surface area contributed by atoms with E-state index in [2.05, 4.69) is 34.7 Å². The van der Waals surface area contributed by atoms with Gasteiger partial charge in [-0.25, -0.2) is 4.68 Å². The summed E-state index contributed by atoms with van der Waals surface area (Å²) in [6, 6.07) is 10.9. The Kier molecular flexibility index (Phi) is 4.02. The smallest absolute Gasteiger partial charge is 0.0666 e. The van der Waals surface area contributed by atoms with Gasteiger partial charge in [0.2, 0.25) is 0 Å². The van der Waals surface area contributed by atoms with Crippen LogP contribution in [0.1, 0.15) is 25.7 Å². The maximum Gasteiger partial charge on any atom is 0.0666 e. The van der Waals surface area contributed by atoms with Crippen molar-refractivity contribution in [1.29, 1.82) is 0 Å². The number of nitrogens with zero attached hydrogens (tertiary/aromatic N) is 2. The van der Waals surface area contributed by atoms with Gasteiger partial charge < -0.3 is 10.1 Å². The molecule has 1 aromatic carbocycles. The first-order valence-corrected chi connectivity index (χ1v) is 7.24. The lowest BCUT2D eigenvalue weighted by Gasteiger charge is -2.29. The topological polar surface area (TPSA) is 39.1 Å². The lowest BCUT2D eigenvalue weighted by molar-refractivity contribution is 0.0682. The Morgan fingerprint density at radius 3 is 2.75 bits per heavy atom. The van der Waals surface area contributed by atoms with Gasteiger partial charge >= 0.3 is 0 Å². The number of hydrogen-bond donors (Lipinski definition) is 1. The molecule has 0 unspecified atom stereocenters. The third-order valence-electron chi connectivity index (χ3n) is 3.99. The Morgan fingerprint density at radius 1 is 1.20 bits per heavy atom. The van der Waals surface area contributed by atoms with E-state index < -0.39 is 0 Å². The highest BCUT2D eigenvalue weighted by atomic mass is 16.5. The second-order valence-corrected chi connectivity index (χ2v) is 5.35. The maximum absolute atomic E-state index is 5.42. The average molecular weight is 271 g/mol. The standard InChI is InChI=1S/C16H21N3O/c1-20-16-8-6-13(7-9-16)18-14-4-2-5-15(12-14)19-11-3-10-17-19/h2-5,10-13,16,18H,6-9H2,1H3. The predicted molar refractivity (Wildman–Crippen MR) is 80.2 cm³/mol. The fraction of sp³-hybridized carbons (Fsp3) is 0.438. The molecule has 1 N–H and O–H groups in total. The van der Waals surface area contributed by atoms with E-state index in [-0.39, 0.29) is 0 Å². The number of rotatable bonds is 4. The molecule has 0 atom stereocenters. The Labute approximate surface area is 119 Å². The highest BCUT2D eigenvalue weighted by molar-refractivity contribution is 5.51. The molecule has 1 fully saturated rings. The summed E-state index contributed by atoms with van der Waals surface area (Å²) in [7, 11) is 1.81. The van der Waals surface area contributed by atoms with Gasteiger partial charge in [-0.15, -0.1) is 0 Å². The van der Waals surface area contributed by atoms with E-state index in [0.717, 1.165) is 18.5 Å². The van der Waals surface area contributed by atoms with E-state index in [1.165, 1.54) is 18.5 Å². The Balaban J connectivity index is 1.65. The van der Waals surface area contributed by atoms with E-state index in [4.69, 9.17) is 4.74 Å². The molecule has 0 radical (unpaired) electrons. The molecule has 1 aromatic heterocycles. The molecule has 3 rings (SSSR count). The largest absolute Gasteiger partial charge is 0.382 e. The number of nitrogens with one attached hydrogen (secondary N) is 1. The van der Waals surface area contributed by atoms with Crippen LogP contribution in [0, 0.1) is 0 Å². The SMILES string of the molecule is COC1CCC(Nc2cccc(-n3cccn3)c2)CC1. The van der Waals surface area contributed by atoms with Crippen LogP contribution in [-0.4, -0.2) is 29.0 Å². The van der Waals surface area contributed by atoms with Crippen LogP contribution in [0.3, 0.4) is 0 Å². The van der Waals surface area contributed by atoms with Gasteiger partial charge in [0, 0.05) is 31.2 Å². The molecule has 20 heavy (non-hydrogen) atoms. The zero-order valence-electron chi connectivity index (χ0n) is 11.8. The van der Waals surface area contributed by atoms with E-state index in [9.17, 15) is 0 Å². The van der Waals surface area contributed by atoms with Gasteiger partial charge in [-0.2, -0.15) is 5.10 Å². The van der Waals surface area contributed by atoms with Gasteiger partial charge in [0.05, 0.1) is 11.8 Å². The molecule has 0 saturated heterocycles. The normalized spacial score (nSPS) is 22.6. The summed E-state index contributed by atoms with van der Waals surface area (Å²) in [5.74, 6) is 0. The summed E-state index contributed by atoms with van der Waals surface area (Å²) in [4.78, 5) is 0. The number of methoxy groups -OCH3 is 1. The van der Waals surface area contributed by atoms with Crippen molar-refractivity contribution in [1.82, 2.24) is 9.78 Å². The van der Waals surface area contributed by atoms with Crippen molar-refractivity contribution in [2.75, 3.05) is 12.4 Å². The van der Waals surface area contributed by atoms with E-state index in [1.54, 1.807) is 6.20 Å². The van der Waals surface area contributed by atoms with Crippen LogP contribution >= 0.6 is 0 Å². The number of anilines is 1. The van der Waals surface area contributed by atoms with Crippen molar-refractivity contribution in [2.45, 2.75) is 37.8 Å². The summed E-state index contributed by atoms with van der Waals surface area (Å²) < 4.78 is 7.30. The van der Waals surface area contributed by atoms with Crippen LogP contribution < -0.4 is 5.32 Å². The molecule has 4 nitrogen and oxygen atoms in total. The second kappa shape index (κ2) is 6.09. The molecular weight excluding hydrogens is 250 g/mol. The Morgan fingerprint density at radius 2 is 2.05 bits per heavy atom. The van der Waals surface area contributed by atoms with Crippen molar-refractivity contribution >= 4 is 5.69 Å². The van der Waals surface area contributed by atoms with Crippen molar-refractivity contribution in [2.24, 2.45) is 0 Å². The molecule has 2 aromatic rings. The lowest BCUT2D eigenvalue weighted by Crippen LogP contribution is -2.29. The van der Waals surface area contributed by atoms with Crippen LogP contribution in [0.2, 0.25) is 0 Å². The van der Waals surface area contributed by atoms with Gasteiger partial charge in [0.15, 0.2) is 0 Å². The number of hydrogen-bond acceptors (Lipinski definition) is 3. The van der Waals surface area contributed by atoms with Crippen molar-refractivity contribution in [3.05, 3.63) is 42.7 Å². The van der Waals surface area contributed by atoms with E-state index in [1.807, 2.05) is 24.1 Å². The van der Waals surface area contributed by atoms with E-state index >= 15 is 0 Å². The van der Waals surface area contributed by atoms with Crippen molar-refractivity contribution < 1.29 is 4.74 Å². The number of benzene rings is 1. The van der Waals surface area contributed by atoms with Gasteiger partial charge in [0.1, 0.15) is 0 Å². The summed E-state index contributed by atoms with van der Waals surface area (Å²) >= 11 is 0. The van der Waals surface area contributed by atoms with Gasteiger partial charge in [0.25, 0.3) is 0 Å². The summed E-state index contributed by atoms with van der Waals surface area (Å²) in [5, 5.41) is 7.90. The second-order valence-electron chi connectivity index (χ2n) is 5.35.